The summed E-state index contributed by atoms with van der Waals surface area (Å²) >= 11 is 8.63. The summed E-state index contributed by atoms with van der Waals surface area (Å²) in [7, 11) is -0.133. The highest BCUT2D eigenvalue weighted by molar-refractivity contribution is 7.85. The molecular formula is C7H18N2O3S3. The van der Waals surface area contributed by atoms with Gasteiger partial charge in [0.2, 0.25) is 0 Å². The molecule has 3 N–H and O–H groups in total. The highest BCUT2D eigenvalue weighted by Crippen LogP contribution is 1.83. The molecule has 0 bridgehead atoms. The molecule has 0 aliphatic rings. The van der Waals surface area contributed by atoms with Crippen LogP contribution in [0.25, 0.3) is 0 Å². The quantitative estimate of drug-likeness (QED) is 0.512. The van der Waals surface area contributed by atoms with E-state index in [1.54, 1.807) is 21.0 Å². The van der Waals surface area contributed by atoms with Crippen molar-refractivity contribution in [3.63, 3.8) is 0 Å². The van der Waals surface area contributed by atoms with Crippen molar-refractivity contribution in [2.24, 2.45) is 0 Å². The van der Waals surface area contributed by atoms with E-state index in [0.29, 0.717) is 6.42 Å². The van der Waals surface area contributed by atoms with Gasteiger partial charge in [0.25, 0.3) is 10.1 Å². The van der Waals surface area contributed by atoms with Crippen LogP contribution in [-0.2, 0) is 10.1 Å². The molecule has 0 aliphatic heterocycles. The highest BCUT2D eigenvalue weighted by Gasteiger charge is 1.98. The van der Waals surface area contributed by atoms with E-state index in [-0.39, 0.29) is 5.75 Å². The van der Waals surface area contributed by atoms with Crippen molar-refractivity contribution >= 4 is 45.5 Å². The van der Waals surface area contributed by atoms with Gasteiger partial charge in [-0.2, -0.15) is 8.42 Å². The molecule has 0 rings (SSSR count). The largest absolute Gasteiger partial charge is 0.385 e. The van der Waals surface area contributed by atoms with E-state index in [0.717, 1.165) is 0 Å². The zero-order valence-corrected chi connectivity index (χ0v) is 11.5. The van der Waals surface area contributed by atoms with Crippen LogP contribution >= 0.6 is 24.4 Å². The molecule has 92 valence electrons. The summed E-state index contributed by atoms with van der Waals surface area (Å²) in [6.45, 7) is 1.69. The van der Waals surface area contributed by atoms with Gasteiger partial charge in [-0.25, -0.2) is 0 Å². The Morgan fingerprint density at radius 1 is 1.20 bits per heavy atom. The summed E-state index contributed by atoms with van der Waals surface area (Å²) < 4.78 is 27.6. The number of rotatable bonds is 4. The van der Waals surface area contributed by atoms with Gasteiger partial charge >= 0.3 is 0 Å². The monoisotopic (exact) mass is 274 g/mol. The van der Waals surface area contributed by atoms with Gasteiger partial charge < -0.3 is 10.6 Å². The zero-order chi connectivity index (χ0) is 12.7. The van der Waals surface area contributed by atoms with Crippen LogP contribution < -0.4 is 10.6 Å². The first-order valence-electron chi connectivity index (χ1n) is 4.06. The molecule has 0 saturated heterocycles. The van der Waals surface area contributed by atoms with Gasteiger partial charge in [-0.05, 0) is 6.42 Å². The molecule has 0 aliphatic carbocycles. The van der Waals surface area contributed by atoms with Crippen LogP contribution in [0.3, 0.4) is 0 Å². The third kappa shape index (κ3) is 57.8. The molecule has 5 nitrogen and oxygen atoms in total. The summed E-state index contributed by atoms with van der Waals surface area (Å²) in [6, 6.07) is 0. The van der Waals surface area contributed by atoms with Crippen molar-refractivity contribution in [3.05, 3.63) is 0 Å². The molecule has 0 aromatic carbocycles. The predicted octanol–water partition coefficient (Wildman–Crippen LogP) is 0.610. The molecule has 0 heterocycles. The van der Waals surface area contributed by atoms with Crippen LogP contribution in [0.5, 0.6) is 0 Å². The molecule has 8 heteroatoms. The Morgan fingerprint density at radius 2 is 1.47 bits per heavy atom. The molecule has 0 fully saturated rings. The molecule has 0 aromatic heterocycles. The molecule has 0 radical (unpaired) electrons. The molecule has 0 unspecified atom stereocenters. The fourth-order valence-corrected chi connectivity index (χ4v) is 0.774. The maximum Gasteiger partial charge on any atom is 0.264 e. The van der Waals surface area contributed by atoms with Gasteiger partial charge in [0.15, 0.2) is 0 Å². The third-order valence-electron chi connectivity index (χ3n) is 0.698. The SMILES string of the molecule is CCCS(=O)(=O)O.CNC=S.CNC=S. The van der Waals surface area contributed by atoms with E-state index < -0.39 is 10.1 Å². The lowest BCUT2D eigenvalue weighted by molar-refractivity contribution is 0.482. The van der Waals surface area contributed by atoms with E-state index in [4.69, 9.17) is 4.55 Å². The Morgan fingerprint density at radius 3 is 1.47 bits per heavy atom. The average molecular weight is 274 g/mol. The third-order valence-corrected chi connectivity index (χ3v) is 2.09. The lowest BCUT2D eigenvalue weighted by Crippen LogP contribution is -2.01. The maximum absolute atomic E-state index is 9.79. The van der Waals surface area contributed by atoms with E-state index in [1.807, 2.05) is 0 Å². The van der Waals surface area contributed by atoms with Crippen LogP contribution in [-0.4, -0.2) is 43.8 Å². The minimum atomic E-state index is -3.67. The lowest BCUT2D eigenvalue weighted by Gasteiger charge is -1.85. The van der Waals surface area contributed by atoms with Crippen molar-refractivity contribution in [3.8, 4) is 0 Å². The summed E-state index contributed by atoms with van der Waals surface area (Å²) in [4.78, 5) is 0. The van der Waals surface area contributed by atoms with E-state index >= 15 is 0 Å². The van der Waals surface area contributed by atoms with Crippen molar-refractivity contribution in [2.75, 3.05) is 19.8 Å². The molecule has 0 amide bonds. The smallest absolute Gasteiger partial charge is 0.264 e. The van der Waals surface area contributed by atoms with Crippen LogP contribution in [0, 0.1) is 0 Å². The first-order chi connectivity index (χ1) is 6.89. The standard InChI is InChI=1S/C3H8O3S.2C2H5NS/c1-2-3-7(4,5)6;2*1-3-2-4/h2-3H2,1H3,(H,4,5,6);2*2H,1H3,(H,3,4). The summed E-state index contributed by atoms with van der Waals surface area (Å²) in [5.74, 6) is -0.132. The molecule has 0 spiro atoms. The Labute approximate surface area is 102 Å². The van der Waals surface area contributed by atoms with Gasteiger partial charge in [-0.3, -0.25) is 4.55 Å². The Hall–Kier alpha value is -0.310. The van der Waals surface area contributed by atoms with E-state index in [1.165, 1.54) is 11.0 Å². The number of hydrogen-bond acceptors (Lipinski definition) is 4. The van der Waals surface area contributed by atoms with E-state index in [9.17, 15) is 8.42 Å². The summed E-state index contributed by atoms with van der Waals surface area (Å²) in [6.07, 6.45) is 0.471. The summed E-state index contributed by atoms with van der Waals surface area (Å²) in [5.41, 5.74) is 2.92. The second-order valence-electron chi connectivity index (χ2n) is 2.10. The lowest BCUT2D eigenvalue weighted by atomic mass is 10.6. The second kappa shape index (κ2) is 16.1. The van der Waals surface area contributed by atoms with Crippen LogP contribution in [0.4, 0.5) is 0 Å². The van der Waals surface area contributed by atoms with Crippen molar-refractivity contribution in [2.45, 2.75) is 13.3 Å². The first-order valence-corrected chi connectivity index (χ1v) is 6.61. The van der Waals surface area contributed by atoms with E-state index in [2.05, 4.69) is 35.1 Å². The predicted molar refractivity (Wildman–Crippen MR) is 72.1 cm³/mol. The molecule has 0 aromatic rings. The van der Waals surface area contributed by atoms with Gasteiger partial charge in [-0.1, -0.05) is 31.4 Å². The molecular weight excluding hydrogens is 256 g/mol. The zero-order valence-electron chi connectivity index (χ0n) is 9.06. The number of thiocarbonyl (C=S) groups is 2. The molecule has 15 heavy (non-hydrogen) atoms. The van der Waals surface area contributed by atoms with Gasteiger partial charge in [0.05, 0.1) is 16.7 Å². The van der Waals surface area contributed by atoms with Gasteiger partial charge in [0, 0.05) is 14.1 Å². The Kier molecular flexibility index (Phi) is 21.7. The van der Waals surface area contributed by atoms with Crippen LogP contribution in [0.1, 0.15) is 13.3 Å². The normalized spacial score (nSPS) is 8.27. The summed E-state index contributed by atoms with van der Waals surface area (Å²) in [5, 5.41) is 5.24. The molecule has 0 atom stereocenters. The minimum absolute atomic E-state index is 0.132. The van der Waals surface area contributed by atoms with Gasteiger partial charge in [0.1, 0.15) is 0 Å². The van der Waals surface area contributed by atoms with Crippen LogP contribution in [0.2, 0.25) is 0 Å². The highest BCUT2D eigenvalue weighted by atomic mass is 32.2. The Balaban J connectivity index is -0.000000155. The fraction of sp³-hybridized carbons (Fsp3) is 0.714. The topological polar surface area (TPSA) is 78.4 Å². The maximum atomic E-state index is 9.79. The van der Waals surface area contributed by atoms with Crippen molar-refractivity contribution in [1.82, 2.24) is 10.6 Å². The minimum Gasteiger partial charge on any atom is -0.385 e. The van der Waals surface area contributed by atoms with Gasteiger partial charge in [-0.15, -0.1) is 0 Å². The fourth-order valence-electron chi connectivity index (χ4n) is 0.258. The average Bonchev–Trinajstić information content (AvgIpc) is 2.17. The van der Waals surface area contributed by atoms with Crippen molar-refractivity contribution in [1.29, 1.82) is 0 Å². The van der Waals surface area contributed by atoms with Crippen molar-refractivity contribution < 1.29 is 13.0 Å². The number of hydrogen-bond donors (Lipinski definition) is 3. The second-order valence-corrected chi connectivity index (χ2v) is 4.14. The first kappa shape index (κ1) is 20.1. The van der Waals surface area contributed by atoms with Crippen LogP contribution in [0.15, 0.2) is 0 Å². The molecule has 0 saturated carbocycles. The number of nitrogens with one attached hydrogen (secondary N) is 2. The Bertz CT molecular complexity index is 222.